The van der Waals surface area contributed by atoms with Gasteiger partial charge in [0.2, 0.25) is 5.95 Å². The van der Waals surface area contributed by atoms with Gasteiger partial charge < -0.3 is 15.0 Å². The van der Waals surface area contributed by atoms with Gasteiger partial charge in [-0.2, -0.15) is 4.68 Å². The molecule has 9 nitrogen and oxygen atoms in total. The van der Waals surface area contributed by atoms with Crippen LogP contribution < -0.4 is 5.32 Å². The predicted molar refractivity (Wildman–Crippen MR) is 95.5 cm³/mol. The smallest absolute Gasteiger partial charge is 0.335 e. The number of allylic oxidation sites excluding steroid dienone is 1. The van der Waals surface area contributed by atoms with Gasteiger partial charge in [-0.3, -0.25) is 0 Å². The molecule has 0 fully saturated rings. The van der Waals surface area contributed by atoms with E-state index in [1.165, 1.54) is 4.68 Å². The van der Waals surface area contributed by atoms with Crippen molar-refractivity contribution in [2.45, 2.75) is 19.9 Å². The third-order valence-electron chi connectivity index (χ3n) is 4.26. The van der Waals surface area contributed by atoms with Gasteiger partial charge in [0, 0.05) is 23.7 Å². The molecule has 0 spiro atoms. The first-order valence-corrected chi connectivity index (χ1v) is 7.66. The van der Waals surface area contributed by atoms with Crippen LogP contribution in [0.3, 0.4) is 0 Å². The highest BCUT2D eigenvalue weighted by molar-refractivity contribution is 5.91. The fourth-order valence-corrected chi connectivity index (χ4v) is 3.15. The lowest BCUT2D eigenvalue weighted by Gasteiger charge is -2.28. The number of anilines is 1. The summed E-state index contributed by atoms with van der Waals surface area (Å²) in [6.45, 7) is 3.60. The lowest BCUT2D eigenvalue weighted by molar-refractivity contribution is -0.133. The van der Waals surface area contributed by atoms with Gasteiger partial charge in [-0.1, -0.05) is 23.3 Å². The molecule has 0 amide bonds. The molecule has 0 saturated heterocycles. The monoisotopic (exact) mass is 373 g/mol. The number of imidazole rings is 1. The van der Waals surface area contributed by atoms with Gasteiger partial charge in [0.25, 0.3) is 0 Å². The minimum absolute atomic E-state index is 0. The summed E-state index contributed by atoms with van der Waals surface area (Å²) < 4.78 is 3.40. The summed E-state index contributed by atoms with van der Waals surface area (Å²) in [7, 11) is 0. The molecule has 1 atom stereocenters. The highest BCUT2D eigenvalue weighted by Gasteiger charge is 2.35. The number of aromatic nitrogens is 6. The second-order valence-corrected chi connectivity index (χ2v) is 5.72. The number of rotatable bonds is 3. The Hall–Kier alpha value is -3.20. The highest BCUT2D eigenvalue weighted by atomic mass is 35.5. The first-order valence-electron chi connectivity index (χ1n) is 7.66. The van der Waals surface area contributed by atoms with E-state index in [-0.39, 0.29) is 18.0 Å². The van der Waals surface area contributed by atoms with Crippen LogP contribution in [0.25, 0.3) is 5.69 Å². The van der Waals surface area contributed by atoms with Crippen molar-refractivity contribution in [2.24, 2.45) is 0 Å². The maximum atomic E-state index is 11.9. The number of carboxylic acid groups (broad SMARTS) is 1. The number of tetrazole rings is 1. The van der Waals surface area contributed by atoms with Gasteiger partial charge in [0.1, 0.15) is 11.9 Å². The molecule has 4 rings (SSSR count). The summed E-state index contributed by atoms with van der Waals surface area (Å²) >= 11 is 0. The Kier molecular flexibility index (Phi) is 4.47. The zero-order chi connectivity index (χ0) is 17.6. The van der Waals surface area contributed by atoms with Crippen LogP contribution in [0.5, 0.6) is 0 Å². The number of aryl methyl sites for hydroxylation is 1. The van der Waals surface area contributed by atoms with E-state index in [1.807, 2.05) is 42.0 Å². The first-order chi connectivity index (χ1) is 12.1. The molecule has 1 aliphatic heterocycles. The lowest BCUT2D eigenvalue weighted by atomic mass is 9.94. The number of carbonyl (C=O) groups is 1. The molecular weight excluding hydrogens is 358 g/mol. The van der Waals surface area contributed by atoms with Crippen LogP contribution in [0.4, 0.5) is 5.95 Å². The largest absolute Gasteiger partial charge is 0.478 e. The number of nitrogens with one attached hydrogen (secondary N) is 1. The average Bonchev–Trinajstić information content (AvgIpc) is 3.21. The van der Waals surface area contributed by atoms with Gasteiger partial charge in [0.15, 0.2) is 0 Å². The minimum Gasteiger partial charge on any atom is -0.478 e. The first kappa shape index (κ1) is 17.6. The number of hydrogen-bond acceptors (Lipinski definition) is 6. The normalized spacial score (nSPS) is 15.8. The number of hydrogen-bond donors (Lipinski definition) is 2. The Bertz CT molecular complexity index is 1010. The molecule has 0 aliphatic carbocycles. The second kappa shape index (κ2) is 6.60. The summed E-state index contributed by atoms with van der Waals surface area (Å²) in [6.07, 6.45) is 3.54. The van der Waals surface area contributed by atoms with Gasteiger partial charge in [-0.25, -0.2) is 9.78 Å². The number of nitrogens with zero attached hydrogens (tertiary/aromatic N) is 6. The highest BCUT2D eigenvalue weighted by Crippen LogP contribution is 2.37. The van der Waals surface area contributed by atoms with Gasteiger partial charge in [-0.05, 0) is 30.3 Å². The van der Waals surface area contributed by atoms with Crippen molar-refractivity contribution >= 4 is 24.3 Å². The Morgan fingerprint density at radius 1 is 1.27 bits per heavy atom. The van der Waals surface area contributed by atoms with Crippen molar-refractivity contribution < 1.29 is 9.90 Å². The number of benzene rings is 1. The molecule has 0 bridgehead atoms. The molecule has 134 valence electrons. The molecule has 1 unspecified atom stereocenters. The second-order valence-electron chi connectivity index (χ2n) is 5.72. The maximum Gasteiger partial charge on any atom is 0.335 e. The summed E-state index contributed by atoms with van der Waals surface area (Å²) in [4.78, 5) is 16.2. The molecule has 2 aromatic heterocycles. The summed E-state index contributed by atoms with van der Waals surface area (Å²) in [6, 6.07) is 6.92. The number of carboxylic acids is 1. The Morgan fingerprint density at radius 3 is 2.73 bits per heavy atom. The SMILES string of the molecule is CC1=C(C(=O)O)C(c2ccccc2-n2ccnc2C)n2nnnc2N1.Cl. The summed E-state index contributed by atoms with van der Waals surface area (Å²) in [5.74, 6) is 0.189. The van der Waals surface area contributed by atoms with E-state index in [0.29, 0.717) is 11.6 Å². The molecule has 1 aliphatic rings. The van der Waals surface area contributed by atoms with E-state index in [1.54, 1.807) is 13.1 Å². The Labute approximate surface area is 154 Å². The van der Waals surface area contributed by atoms with Crippen molar-refractivity contribution in [3.63, 3.8) is 0 Å². The third kappa shape index (κ3) is 2.62. The molecule has 2 N–H and O–H groups in total. The fourth-order valence-electron chi connectivity index (χ4n) is 3.15. The molecule has 26 heavy (non-hydrogen) atoms. The van der Waals surface area contributed by atoms with Crippen molar-refractivity contribution in [1.82, 2.24) is 29.8 Å². The predicted octanol–water partition coefficient (Wildman–Crippen LogP) is 1.96. The van der Waals surface area contributed by atoms with E-state index >= 15 is 0 Å². The molecule has 3 heterocycles. The van der Waals surface area contributed by atoms with E-state index < -0.39 is 12.0 Å². The molecule has 3 aromatic rings. The summed E-state index contributed by atoms with van der Waals surface area (Å²) in [5, 5.41) is 24.3. The van der Waals surface area contributed by atoms with Crippen molar-refractivity contribution in [2.75, 3.05) is 5.32 Å². The number of halogens is 1. The van der Waals surface area contributed by atoms with Crippen LogP contribution in [-0.4, -0.2) is 40.8 Å². The van der Waals surface area contributed by atoms with Crippen molar-refractivity contribution in [1.29, 1.82) is 0 Å². The van der Waals surface area contributed by atoms with Gasteiger partial charge in [0.05, 0.1) is 11.3 Å². The van der Waals surface area contributed by atoms with E-state index in [2.05, 4.69) is 25.8 Å². The van der Waals surface area contributed by atoms with Crippen molar-refractivity contribution in [3.8, 4) is 5.69 Å². The van der Waals surface area contributed by atoms with Crippen LogP contribution in [0.2, 0.25) is 0 Å². The topological polar surface area (TPSA) is 111 Å². The zero-order valence-corrected chi connectivity index (χ0v) is 14.8. The number of fused-ring (bicyclic) bond motifs is 1. The van der Waals surface area contributed by atoms with Crippen LogP contribution in [0.15, 0.2) is 47.9 Å². The standard InChI is InChI=1S/C16H15N7O2.ClH/c1-9-13(15(24)25)14(23-16(18-9)19-20-21-23)11-5-3-4-6-12(11)22-8-7-17-10(22)2;/h3-8,14H,1-2H3,(H,24,25)(H,18,19,21);1H. The molecular formula is C16H16ClN7O2. The van der Waals surface area contributed by atoms with Crippen LogP contribution in [0.1, 0.15) is 24.4 Å². The quantitative estimate of drug-likeness (QED) is 0.721. The maximum absolute atomic E-state index is 11.9. The van der Waals surface area contributed by atoms with Crippen molar-refractivity contribution in [3.05, 3.63) is 59.3 Å². The van der Waals surface area contributed by atoms with Crippen LogP contribution in [0, 0.1) is 6.92 Å². The number of aliphatic carboxylic acids is 1. The zero-order valence-electron chi connectivity index (χ0n) is 14.0. The number of para-hydroxylation sites is 1. The Balaban J connectivity index is 0.00000196. The average molecular weight is 374 g/mol. The molecule has 0 radical (unpaired) electrons. The van der Waals surface area contributed by atoms with E-state index in [9.17, 15) is 9.90 Å². The van der Waals surface area contributed by atoms with E-state index in [4.69, 9.17) is 0 Å². The van der Waals surface area contributed by atoms with Gasteiger partial charge in [-0.15, -0.1) is 12.4 Å². The molecule has 10 heteroatoms. The fraction of sp³-hybridized carbons (Fsp3) is 0.188. The summed E-state index contributed by atoms with van der Waals surface area (Å²) in [5.41, 5.74) is 2.31. The Morgan fingerprint density at radius 2 is 2.04 bits per heavy atom. The minimum atomic E-state index is -1.02. The third-order valence-corrected chi connectivity index (χ3v) is 4.26. The van der Waals surface area contributed by atoms with Crippen LogP contribution >= 0.6 is 12.4 Å². The lowest BCUT2D eigenvalue weighted by Crippen LogP contribution is -2.29. The molecule has 0 saturated carbocycles. The molecule has 1 aromatic carbocycles. The van der Waals surface area contributed by atoms with Gasteiger partial charge >= 0.3 is 5.97 Å². The van der Waals surface area contributed by atoms with E-state index in [0.717, 1.165) is 17.1 Å². The van der Waals surface area contributed by atoms with Crippen LogP contribution in [-0.2, 0) is 4.79 Å².